The van der Waals surface area contributed by atoms with Crippen LogP contribution < -0.4 is 10.6 Å². The molecule has 3 aliphatic heterocycles. The Hall–Kier alpha value is -3.41. The minimum atomic E-state index is -4.32. The first-order valence-corrected chi connectivity index (χ1v) is 20.5. The zero-order valence-electron chi connectivity index (χ0n) is 30.7. The Morgan fingerprint density at radius 2 is 1.76 bits per heavy atom. The molecule has 4 unspecified atom stereocenters. The van der Waals surface area contributed by atoms with Crippen LogP contribution in [0.1, 0.15) is 69.9 Å². The molecular formula is C38H50F2N4O9S. The van der Waals surface area contributed by atoms with E-state index in [2.05, 4.69) is 15.6 Å². The number of halogens is 2. The van der Waals surface area contributed by atoms with E-state index < -0.39 is 52.5 Å². The second kappa shape index (κ2) is 16.8. The molecule has 3 fully saturated rings. The van der Waals surface area contributed by atoms with Crippen LogP contribution in [0.15, 0.2) is 39.6 Å². The maximum atomic E-state index is 14.7. The molecule has 0 spiro atoms. The van der Waals surface area contributed by atoms with Crippen LogP contribution in [0.4, 0.5) is 19.6 Å². The molecule has 1 aliphatic carbocycles. The summed E-state index contributed by atoms with van der Waals surface area (Å²) >= 11 is 0. The number of aromatic nitrogens is 1. The molecule has 4 aliphatic rings. The minimum Gasteiger partial charge on any atom is -0.445 e. The maximum Gasteiger partial charge on any atom is 0.407 e. The number of benzene rings is 2. The molecule has 296 valence electrons. The smallest absolute Gasteiger partial charge is 0.407 e. The minimum absolute atomic E-state index is 0.00956. The van der Waals surface area contributed by atoms with Crippen molar-refractivity contribution < 1.29 is 50.5 Å². The average molecular weight is 777 g/mol. The molecule has 13 nitrogen and oxygen atoms in total. The van der Waals surface area contributed by atoms with Gasteiger partial charge in [-0.15, -0.1) is 0 Å². The van der Waals surface area contributed by atoms with Gasteiger partial charge in [0.1, 0.15) is 23.3 Å². The molecule has 0 radical (unpaired) electrons. The van der Waals surface area contributed by atoms with Gasteiger partial charge in [-0.1, -0.05) is 25.7 Å². The van der Waals surface area contributed by atoms with E-state index in [9.17, 15) is 27.1 Å². The molecule has 3 N–H and O–H groups in total. The van der Waals surface area contributed by atoms with Gasteiger partial charge in [-0.05, 0) is 63.3 Å². The number of carbonyl (C=O) groups is 1. The monoisotopic (exact) mass is 776 g/mol. The van der Waals surface area contributed by atoms with Crippen LogP contribution in [-0.4, -0.2) is 92.4 Å². The molecule has 1 amide bonds. The third-order valence-electron chi connectivity index (χ3n) is 10.9. The number of aliphatic hydroxyl groups is 1. The number of nitrogens with one attached hydrogen (secondary N) is 2. The van der Waals surface area contributed by atoms with Gasteiger partial charge >= 0.3 is 6.09 Å². The lowest BCUT2D eigenvalue weighted by molar-refractivity contribution is -0.169. The lowest BCUT2D eigenvalue weighted by Crippen LogP contribution is -2.51. The van der Waals surface area contributed by atoms with E-state index in [1.165, 1.54) is 10.4 Å². The Kier molecular flexibility index (Phi) is 12.1. The van der Waals surface area contributed by atoms with Gasteiger partial charge < -0.3 is 39.1 Å². The third-order valence-corrected chi connectivity index (χ3v) is 12.8. The topological polar surface area (TPSA) is 162 Å². The van der Waals surface area contributed by atoms with Crippen molar-refractivity contribution in [2.24, 2.45) is 17.8 Å². The molecule has 7 atom stereocenters. The summed E-state index contributed by atoms with van der Waals surface area (Å²) < 4.78 is 88.6. The number of hydrogen-bond acceptors (Lipinski definition) is 11. The van der Waals surface area contributed by atoms with E-state index in [-0.39, 0.29) is 71.7 Å². The van der Waals surface area contributed by atoms with Crippen molar-refractivity contribution in [3.63, 3.8) is 0 Å². The summed E-state index contributed by atoms with van der Waals surface area (Å²) in [7, 11) is -4.32. The van der Waals surface area contributed by atoms with Gasteiger partial charge in [-0.2, -0.15) is 9.29 Å². The second-order valence-electron chi connectivity index (χ2n) is 15.3. The Bertz CT molecular complexity index is 1870. The lowest BCUT2D eigenvalue weighted by Gasteiger charge is -2.31. The van der Waals surface area contributed by atoms with Crippen LogP contribution in [0.5, 0.6) is 0 Å². The molecule has 16 heteroatoms. The number of β-amino-alcohol motifs (C(OH)–C–C–N with tert-alkyl or cyclic N) is 1. The van der Waals surface area contributed by atoms with Gasteiger partial charge in [0.15, 0.2) is 11.9 Å². The van der Waals surface area contributed by atoms with E-state index in [1.807, 2.05) is 13.8 Å². The van der Waals surface area contributed by atoms with Crippen molar-refractivity contribution >= 4 is 33.2 Å². The van der Waals surface area contributed by atoms with Gasteiger partial charge in [0.25, 0.3) is 6.01 Å². The molecule has 2 saturated heterocycles. The lowest BCUT2D eigenvalue weighted by atomic mass is 9.98. The van der Waals surface area contributed by atoms with Crippen molar-refractivity contribution in [2.45, 2.75) is 107 Å². The highest BCUT2D eigenvalue weighted by Gasteiger charge is 2.56. The predicted molar refractivity (Wildman–Crippen MR) is 193 cm³/mol. The number of sulfonamides is 1. The quantitative estimate of drug-likeness (QED) is 0.252. The Morgan fingerprint density at radius 3 is 2.54 bits per heavy atom. The van der Waals surface area contributed by atoms with Gasteiger partial charge in [0.2, 0.25) is 10.0 Å². The number of ether oxygens (including phenoxy) is 4. The van der Waals surface area contributed by atoms with E-state index in [0.29, 0.717) is 37.3 Å². The number of aliphatic hydroxyl groups excluding tert-OH is 1. The second-order valence-corrected chi connectivity index (χ2v) is 17.2. The molecule has 1 aromatic heterocycles. The summed E-state index contributed by atoms with van der Waals surface area (Å²) in [6.45, 7) is 4.77. The van der Waals surface area contributed by atoms with E-state index >= 15 is 0 Å². The molecule has 4 heterocycles. The van der Waals surface area contributed by atoms with Crippen molar-refractivity contribution in [1.29, 1.82) is 0 Å². The van der Waals surface area contributed by atoms with Crippen LogP contribution >= 0.6 is 0 Å². The highest BCUT2D eigenvalue weighted by molar-refractivity contribution is 7.89. The van der Waals surface area contributed by atoms with Crippen molar-refractivity contribution in [2.75, 3.05) is 38.2 Å². The summed E-state index contributed by atoms with van der Waals surface area (Å²) in [4.78, 5) is 18.0. The van der Waals surface area contributed by atoms with Crippen LogP contribution in [0.3, 0.4) is 0 Å². The number of fused-ring (bicyclic) bond motifs is 3. The summed E-state index contributed by atoms with van der Waals surface area (Å²) in [6, 6.07) is 5.14. The van der Waals surface area contributed by atoms with Crippen molar-refractivity contribution in [3.8, 4) is 0 Å². The fourth-order valence-electron chi connectivity index (χ4n) is 8.25. The van der Waals surface area contributed by atoms with Crippen LogP contribution in [0.2, 0.25) is 0 Å². The van der Waals surface area contributed by atoms with Gasteiger partial charge in [0.05, 0.1) is 36.9 Å². The average Bonchev–Trinajstić information content (AvgIpc) is 3.78. The largest absolute Gasteiger partial charge is 0.445 e. The van der Waals surface area contributed by atoms with Crippen molar-refractivity contribution in [1.82, 2.24) is 14.6 Å². The Balaban J connectivity index is 1.17. The number of oxazole rings is 1. The molecule has 1 saturated carbocycles. The van der Waals surface area contributed by atoms with E-state index in [4.69, 9.17) is 23.4 Å². The number of rotatable bonds is 9. The van der Waals surface area contributed by atoms with E-state index in [1.54, 1.807) is 6.07 Å². The fourth-order valence-corrected chi connectivity index (χ4v) is 9.95. The first-order valence-electron chi connectivity index (χ1n) is 19.1. The van der Waals surface area contributed by atoms with E-state index in [0.717, 1.165) is 56.7 Å². The standard InChI is InChI=1S/C38H50F2N4O9S/c1-22(2)41-37-42-31-15-24-19-49-10-8-6-4-3-5-7-9-44(54(47,48)34(24)17-33(31)52-37)18-32(45)30(13-23-11-26(39)16-27(40)12-23)43-38(46)53-35-25-14-28-29(35)21-51-36(28)50-20-25/h11-12,15-17,22,25,28-30,32,35-36,45H,3-10,13-14,18-21H2,1-2H3,(H,41,42)(H,43,46)/t25?,28?,29?,30-,32+,35+,36?/m0/s1. The molecule has 3 aromatic rings. The molecule has 2 bridgehead atoms. The summed E-state index contributed by atoms with van der Waals surface area (Å²) in [5.41, 5.74) is 1.28. The highest BCUT2D eigenvalue weighted by atomic mass is 32.2. The molecule has 2 aromatic carbocycles. The molecular weight excluding hydrogens is 726 g/mol. The normalized spacial score (nSPS) is 27.3. The number of carbonyl (C=O) groups excluding carboxylic acids is 1. The summed E-state index contributed by atoms with van der Waals surface area (Å²) in [5.74, 6) is -1.57. The number of alkyl carbamates (subject to hydrolysis) is 1. The Morgan fingerprint density at radius 1 is 1.02 bits per heavy atom. The predicted octanol–water partition coefficient (Wildman–Crippen LogP) is 5.49. The highest BCUT2D eigenvalue weighted by Crippen LogP contribution is 2.49. The van der Waals surface area contributed by atoms with Crippen LogP contribution in [0, 0.1) is 29.4 Å². The number of nitrogens with zero attached hydrogens (tertiary/aromatic N) is 2. The zero-order valence-corrected chi connectivity index (χ0v) is 31.5. The van der Waals surface area contributed by atoms with Crippen molar-refractivity contribution in [3.05, 3.63) is 53.1 Å². The van der Waals surface area contributed by atoms with Crippen LogP contribution in [-0.2, 0) is 42.0 Å². The zero-order chi connectivity index (χ0) is 38.0. The first-order chi connectivity index (χ1) is 25.9. The number of hydrogen-bond donors (Lipinski definition) is 3. The summed E-state index contributed by atoms with van der Waals surface area (Å²) in [5, 5.41) is 17.7. The van der Waals surface area contributed by atoms with Gasteiger partial charge in [-0.3, -0.25) is 0 Å². The Labute approximate surface area is 314 Å². The third kappa shape index (κ3) is 8.84. The number of amides is 1. The molecule has 54 heavy (non-hydrogen) atoms. The number of anilines is 1. The van der Waals surface area contributed by atoms with Crippen LogP contribution in [0.25, 0.3) is 11.1 Å². The maximum absolute atomic E-state index is 14.7. The van der Waals surface area contributed by atoms with Gasteiger partial charge in [0, 0.05) is 61.2 Å². The summed E-state index contributed by atoms with van der Waals surface area (Å²) in [6.07, 6.45) is 2.46. The first kappa shape index (κ1) is 38.8. The fraction of sp³-hybridized carbons (Fsp3) is 0.632. The SMILES string of the molecule is CC(C)Nc1nc2cc3c(cc2o1)S(=O)(=O)N(C[C@@H](O)[C@H](Cc1cc(F)cc(F)c1)NC(=O)O[C@@H]1C2COC4OCC1C4C2)CCCCCCCCOC3. The van der Waals surface area contributed by atoms with Gasteiger partial charge in [-0.25, -0.2) is 22.0 Å². The molecule has 7 rings (SSSR count).